The van der Waals surface area contributed by atoms with Gasteiger partial charge in [0, 0.05) is 35.2 Å². The lowest BCUT2D eigenvalue weighted by Gasteiger charge is -2.26. The molecule has 11 aromatic heterocycles. The van der Waals surface area contributed by atoms with Gasteiger partial charge in [-0.05, 0) is 146 Å². The van der Waals surface area contributed by atoms with E-state index in [2.05, 4.69) is 70.6 Å². The Kier molecular flexibility index (Phi) is 24.1. The number of aromatic amines is 10. The highest BCUT2D eigenvalue weighted by Crippen LogP contribution is 2.32. The molecular weight excluding hydrogens is 1330 g/mol. The molecule has 11 heterocycles. The number of nitrogens with one attached hydrogen (secondary N) is 10. The van der Waals surface area contributed by atoms with E-state index >= 15 is 0 Å². The van der Waals surface area contributed by atoms with Crippen LogP contribution in [-0.2, 0) is 38.5 Å². The average molecular weight is 1410 g/mol. The summed E-state index contributed by atoms with van der Waals surface area (Å²) in [7, 11) is 0. The van der Waals surface area contributed by atoms with Gasteiger partial charge in [-0.15, -0.1) is 11.3 Å². The van der Waals surface area contributed by atoms with Crippen LogP contribution >= 0.6 is 11.3 Å². The van der Waals surface area contributed by atoms with Gasteiger partial charge in [0.1, 0.15) is 26.9 Å². The summed E-state index contributed by atoms with van der Waals surface area (Å²) < 4.78 is 24.5. The van der Waals surface area contributed by atoms with E-state index in [1.54, 1.807) is 11.3 Å². The van der Waals surface area contributed by atoms with Crippen LogP contribution in [0.3, 0.4) is 0 Å². The van der Waals surface area contributed by atoms with Crippen LogP contribution in [0.1, 0.15) is 163 Å². The van der Waals surface area contributed by atoms with Gasteiger partial charge in [-0.25, -0.2) is 47.9 Å². The van der Waals surface area contributed by atoms with E-state index in [4.69, 9.17) is 22.1 Å². The van der Waals surface area contributed by atoms with E-state index in [9.17, 15) is 71.9 Å². The Morgan fingerprint density at radius 3 is 1.05 bits per heavy atom. The van der Waals surface area contributed by atoms with Crippen LogP contribution in [0.2, 0.25) is 0 Å². The second-order valence-corrected chi connectivity index (χ2v) is 27.5. The van der Waals surface area contributed by atoms with Crippen molar-refractivity contribution in [1.29, 1.82) is 0 Å². The fourth-order valence-corrected chi connectivity index (χ4v) is 14.3. The first-order valence-electron chi connectivity index (χ1n) is 33.9. The molecule has 3 saturated carbocycles. The Morgan fingerprint density at radius 2 is 0.703 bits per heavy atom. The van der Waals surface area contributed by atoms with Gasteiger partial charge in [-0.2, -0.15) is 0 Å². The molecule has 0 aromatic carbocycles. The molecule has 101 heavy (non-hydrogen) atoms. The minimum atomic E-state index is -0.689. The first-order chi connectivity index (χ1) is 48.4. The average Bonchev–Trinajstić information content (AvgIpc) is 1.04. The molecular formula is C70H78N10O20S. The molecule has 534 valence electrons. The normalized spacial score (nSPS) is 15.6. The first-order valence-corrected chi connectivity index (χ1v) is 34.8. The van der Waals surface area contributed by atoms with Crippen LogP contribution < -0.4 is 84.4 Å². The molecule has 0 aliphatic heterocycles. The van der Waals surface area contributed by atoms with Gasteiger partial charge in [0.15, 0.2) is 0 Å². The predicted octanol–water partition coefficient (Wildman–Crippen LogP) is 6.68. The van der Waals surface area contributed by atoms with E-state index in [1.807, 2.05) is 17.5 Å². The minimum absolute atomic E-state index is 0.0320. The Labute approximate surface area is 571 Å². The number of thiophene rings is 1. The van der Waals surface area contributed by atoms with Gasteiger partial charge in [0.05, 0.1) is 0 Å². The second kappa shape index (κ2) is 33.3. The van der Waals surface area contributed by atoms with Crippen molar-refractivity contribution < 1.29 is 22.1 Å². The summed E-state index contributed by atoms with van der Waals surface area (Å²) in [5, 5.41) is 3.34. The van der Waals surface area contributed by atoms with Crippen LogP contribution in [0.5, 0.6) is 0 Å². The number of hydrogen-bond donors (Lipinski definition) is 10. The Morgan fingerprint density at radius 1 is 0.376 bits per heavy atom. The molecule has 0 amide bonds. The summed E-state index contributed by atoms with van der Waals surface area (Å²) in [6.45, 7) is 6.36. The third kappa shape index (κ3) is 19.5. The monoisotopic (exact) mass is 1410 g/mol. The van der Waals surface area contributed by atoms with Crippen molar-refractivity contribution in [3.63, 3.8) is 0 Å². The third-order valence-electron chi connectivity index (χ3n) is 18.5. The molecule has 10 N–H and O–H groups in total. The quantitative estimate of drug-likeness (QED) is 0.0511. The largest absolute Gasteiger partial charge is 0.405 e. The maximum absolute atomic E-state index is 12.0. The van der Waals surface area contributed by atoms with Crippen molar-refractivity contribution in [3.05, 3.63) is 237 Å². The summed E-state index contributed by atoms with van der Waals surface area (Å²) >= 11 is 1.67. The lowest BCUT2D eigenvalue weighted by molar-refractivity contribution is 0.289. The van der Waals surface area contributed by atoms with E-state index < -0.39 is 84.4 Å². The molecule has 0 radical (unpaired) electrons. The smallest absolute Gasteiger partial charge is 0.337 e. The molecule has 0 bridgehead atoms. The van der Waals surface area contributed by atoms with Crippen molar-refractivity contribution in [2.24, 2.45) is 29.6 Å². The van der Waals surface area contributed by atoms with Gasteiger partial charge >= 0.3 is 56.6 Å². The number of H-pyrrole nitrogens is 10. The predicted molar refractivity (Wildman–Crippen MR) is 378 cm³/mol. The van der Waals surface area contributed by atoms with Crippen molar-refractivity contribution >= 4 is 66.8 Å². The van der Waals surface area contributed by atoms with Crippen LogP contribution in [0, 0.1) is 29.6 Å². The van der Waals surface area contributed by atoms with E-state index in [1.165, 1.54) is 106 Å². The number of hydrogen-bond acceptors (Lipinski definition) is 21. The fraction of sp³-hybridized carbons (Fsp3) is 0.443. The van der Waals surface area contributed by atoms with Gasteiger partial charge in [0.25, 0.3) is 27.8 Å². The van der Waals surface area contributed by atoms with Gasteiger partial charge in [-0.3, -0.25) is 73.8 Å². The number of aryl methyl sites for hydroxylation is 5. The summed E-state index contributed by atoms with van der Waals surface area (Å²) in [5.41, 5.74) is -5.77. The number of rotatable bonds is 15. The highest BCUT2D eigenvalue weighted by molar-refractivity contribution is 7.09. The molecule has 0 atom stereocenters. The van der Waals surface area contributed by atoms with Crippen molar-refractivity contribution in [1.82, 2.24) is 49.8 Å². The van der Waals surface area contributed by atoms with Crippen LogP contribution in [-0.4, -0.2) is 49.8 Å². The van der Waals surface area contributed by atoms with E-state index in [-0.39, 0.29) is 55.5 Å². The molecule has 31 heteroatoms. The maximum Gasteiger partial charge on any atom is 0.337 e. The van der Waals surface area contributed by atoms with Crippen molar-refractivity contribution in [2.75, 3.05) is 0 Å². The Balaban J connectivity index is 0.000000136. The van der Waals surface area contributed by atoms with Gasteiger partial charge in [0.2, 0.25) is 28.6 Å². The summed E-state index contributed by atoms with van der Waals surface area (Å²) in [6.07, 6.45) is 23.3. The van der Waals surface area contributed by atoms with Crippen LogP contribution in [0.4, 0.5) is 0 Å². The molecule has 0 spiro atoms. The molecule has 3 fully saturated rings. The zero-order chi connectivity index (χ0) is 72.0. The summed E-state index contributed by atoms with van der Waals surface area (Å²) in [6, 6.07) is 10.7. The topological polar surface area (TPSA) is 480 Å². The molecule has 14 rings (SSSR count). The van der Waals surface area contributed by atoms with Crippen molar-refractivity contribution in [2.45, 2.75) is 168 Å². The lowest BCUT2D eigenvalue weighted by Crippen LogP contribution is -2.25. The van der Waals surface area contributed by atoms with Crippen LogP contribution in [0.15, 0.2) is 142 Å². The third-order valence-corrected chi connectivity index (χ3v) is 19.5. The molecule has 0 saturated heterocycles. The fourth-order valence-electron chi connectivity index (χ4n) is 13.5. The van der Waals surface area contributed by atoms with Gasteiger partial charge in [-0.1, -0.05) is 97.5 Å². The zero-order valence-electron chi connectivity index (χ0n) is 55.8. The molecule has 11 aromatic rings. The number of aromatic nitrogens is 10. The first kappa shape index (κ1) is 72.9. The molecule has 30 nitrogen and oxygen atoms in total. The minimum Gasteiger partial charge on any atom is -0.405 e. The highest BCUT2D eigenvalue weighted by atomic mass is 32.1. The van der Waals surface area contributed by atoms with Crippen molar-refractivity contribution in [3.8, 4) is 0 Å². The molecule has 3 aliphatic rings. The van der Waals surface area contributed by atoms with Gasteiger partial charge < -0.3 is 22.1 Å². The SMILES string of the molecule is CC(C)CCc1cc(=O)oc2[nH]c(=O)[nH]c(=O)c12.CC1CCC(Cc2cc(=O)oc3[nH]c(=O)[nH]c(=O)c23)CC1.O=c1[nH]c(=O)c2c(CCC3CCCC3)cc(=O)oc2[nH]1.O=c1[nH]c(=O)c2c(CCC3CCCCC3)cc(=O)oc2[nH]1.O=c1[nH]c(=O)c2c(CCCc3cccs3)cc(=O)oc2[nH]1. The lowest BCUT2D eigenvalue weighted by atomic mass is 9.80. The van der Waals surface area contributed by atoms with Crippen LogP contribution in [0.25, 0.3) is 55.5 Å². The molecule has 3 aliphatic carbocycles. The standard InChI is InChI=1S/2C15H18N2O4.C14H12N2O4S.C14H16N2O4.C12H14N2O4/c1-8-2-4-9(5-3-8)6-10-7-11(18)21-14-12(10)13(19)16-15(20)17-14;18-11-8-10(7-6-9-4-2-1-3-5-9)12-13(19)16-15(20)17-14(12)21-11;17-10-7-8(3-1-4-9-5-2-6-21-9)11-12(18)15-14(19)16-13(11)20-10;17-10-7-9(6-5-8-3-1-2-4-8)11-12(18)15-14(19)16-13(11)20-10;1-6(2)3-4-7-5-8(15)18-11-9(7)10(16)13-12(17)14-11/h7-9H,2-6H2,1H3,(H2,16,17,19,20);8-9H,1-7H2,(H2,16,17,19,20);2,5-7H,1,3-4H2,(H2,15,16,18,19);7-8H,1-6H2,(H2,15,16,18,19);5-6H,3-4H2,1-2H3,(H2,13,14,16,17). The Bertz CT molecular complexity index is 5700. The van der Waals surface area contributed by atoms with E-state index in [0.29, 0.717) is 83.6 Å². The van der Waals surface area contributed by atoms with E-state index in [0.717, 1.165) is 50.9 Å². The zero-order valence-corrected chi connectivity index (χ0v) is 56.7. The maximum atomic E-state index is 12.0. The summed E-state index contributed by atoms with van der Waals surface area (Å²) in [4.78, 5) is 197. The number of fused-ring (bicyclic) bond motifs is 5. The Hall–Kier alpha value is -10.9. The molecule has 0 unspecified atom stereocenters. The second-order valence-electron chi connectivity index (χ2n) is 26.4. The summed E-state index contributed by atoms with van der Waals surface area (Å²) in [5.74, 6) is 2.99. The highest BCUT2D eigenvalue weighted by Gasteiger charge is 2.23.